The molecule has 1 aromatic heterocycles. The minimum Gasteiger partial charge on any atom is -0.361 e. The van der Waals surface area contributed by atoms with Crippen LogP contribution in [0.1, 0.15) is 47.9 Å². The van der Waals surface area contributed by atoms with Gasteiger partial charge >= 0.3 is 0 Å². The third-order valence-corrected chi connectivity index (χ3v) is 4.17. The van der Waals surface area contributed by atoms with Crippen molar-refractivity contribution < 1.29 is 4.52 Å². The molecule has 25 heavy (non-hydrogen) atoms. The summed E-state index contributed by atoms with van der Waals surface area (Å²) in [5.41, 5.74) is 4.65. The summed E-state index contributed by atoms with van der Waals surface area (Å²) in [5.74, 6) is 2.03. The van der Waals surface area contributed by atoms with Crippen LogP contribution in [0.2, 0.25) is 0 Å². The van der Waals surface area contributed by atoms with Crippen molar-refractivity contribution in [2.45, 2.75) is 47.1 Å². The average molecular weight is 456 g/mol. The Labute approximate surface area is 167 Å². The van der Waals surface area contributed by atoms with Crippen molar-refractivity contribution >= 4 is 29.9 Å². The van der Waals surface area contributed by atoms with Crippen LogP contribution in [0.3, 0.4) is 0 Å². The van der Waals surface area contributed by atoms with Gasteiger partial charge in [-0.15, -0.1) is 24.0 Å². The van der Waals surface area contributed by atoms with Gasteiger partial charge in [0.2, 0.25) is 0 Å². The average Bonchev–Trinajstić information content (AvgIpc) is 2.90. The lowest BCUT2D eigenvalue weighted by Crippen LogP contribution is -2.39. The zero-order valence-corrected chi connectivity index (χ0v) is 18.0. The molecule has 1 heterocycles. The predicted octanol–water partition coefficient (Wildman–Crippen LogP) is 4.08. The number of nitrogens with zero attached hydrogens (tertiary/aromatic N) is 2. The highest BCUT2D eigenvalue weighted by Gasteiger charge is 2.16. The van der Waals surface area contributed by atoms with Gasteiger partial charge < -0.3 is 15.2 Å². The summed E-state index contributed by atoms with van der Waals surface area (Å²) in [4.78, 5) is 4.70. The number of halogens is 1. The van der Waals surface area contributed by atoms with Gasteiger partial charge in [-0.2, -0.15) is 0 Å². The van der Waals surface area contributed by atoms with Gasteiger partial charge in [0.15, 0.2) is 5.96 Å². The van der Waals surface area contributed by atoms with Crippen LogP contribution in [0, 0.1) is 20.8 Å². The van der Waals surface area contributed by atoms with E-state index in [4.69, 9.17) is 9.52 Å². The van der Waals surface area contributed by atoms with E-state index in [1.165, 1.54) is 16.7 Å². The summed E-state index contributed by atoms with van der Waals surface area (Å²) in [7, 11) is 0. The molecule has 6 heteroatoms. The van der Waals surface area contributed by atoms with E-state index in [9.17, 15) is 0 Å². The number of nitrogens with one attached hydrogen (secondary N) is 2. The van der Waals surface area contributed by atoms with Gasteiger partial charge in [0.25, 0.3) is 0 Å². The molecule has 2 rings (SSSR count). The molecule has 1 atom stereocenters. The number of hydrogen-bond acceptors (Lipinski definition) is 3. The molecule has 2 N–H and O–H groups in total. The monoisotopic (exact) mass is 456 g/mol. The number of rotatable bonds is 6. The van der Waals surface area contributed by atoms with Crippen LogP contribution in [0.25, 0.3) is 0 Å². The molecule has 0 fully saturated rings. The lowest BCUT2D eigenvalue weighted by Gasteiger charge is -2.16. The molecule has 0 radical (unpaired) electrons. The van der Waals surface area contributed by atoms with Crippen molar-refractivity contribution in [1.29, 1.82) is 0 Å². The summed E-state index contributed by atoms with van der Waals surface area (Å²) in [6.45, 7) is 12.6. The summed E-state index contributed by atoms with van der Waals surface area (Å²) >= 11 is 0. The fraction of sp³-hybridized carbons (Fsp3) is 0.474. The number of aryl methyl sites for hydroxylation is 3. The Morgan fingerprint density at radius 2 is 1.92 bits per heavy atom. The maximum atomic E-state index is 5.27. The lowest BCUT2D eigenvalue weighted by atomic mass is 10.00. The molecule has 0 bridgehead atoms. The van der Waals surface area contributed by atoms with Gasteiger partial charge in [-0.1, -0.05) is 36.3 Å². The molecule has 5 nitrogen and oxygen atoms in total. The van der Waals surface area contributed by atoms with E-state index in [0.29, 0.717) is 12.5 Å². The van der Waals surface area contributed by atoms with Crippen LogP contribution in [0.4, 0.5) is 0 Å². The molecule has 0 aliphatic carbocycles. The molecule has 0 aliphatic heterocycles. The zero-order chi connectivity index (χ0) is 17.5. The first kappa shape index (κ1) is 21.5. The first-order valence-corrected chi connectivity index (χ1v) is 8.52. The van der Waals surface area contributed by atoms with Crippen LogP contribution >= 0.6 is 24.0 Å². The maximum Gasteiger partial charge on any atom is 0.191 e. The van der Waals surface area contributed by atoms with Crippen LogP contribution in [0.5, 0.6) is 0 Å². The largest absolute Gasteiger partial charge is 0.361 e. The SMILES string of the molecule is CCNC(=NCc1ccccc1C)NCC(C)c1c(C)noc1C.I. The van der Waals surface area contributed by atoms with E-state index in [2.05, 4.69) is 60.8 Å². The summed E-state index contributed by atoms with van der Waals surface area (Å²) < 4.78 is 5.27. The molecule has 1 unspecified atom stereocenters. The van der Waals surface area contributed by atoms with Crippen molar-refractivity contribution in [3.8, 4) is 0 Å². The summed E-state index contributed by atoms with van der Waals surface area (Å²) in [5, 5.41) is 10.8. The van der Waals surface area contributed by atoms with Crippen LogP contribution < -0.4 is 10.6 Å². The smallest absolute Gasteiger partial charge is 0.191 e. The predicted molar refractivity (Wildman–Crippen MR) is 114 cm³/mol. The molecule has 138 valence electrons. The van der Waals surface area contributed by atoms with Gasteiger partial charge in [-0.05, 0) is 38.8 Å². The molecule has 0 saturated carbocycles. The molecule has 2 aromatic rings. The Hall–Kier alpha value is -1.57. The fourth-order valence-electron chi connectivity index (χ4n) is 2.84. The molecule has 0 amide bonds. The Balaban J connectivity index is 0.00000312. The van der Waals surface area contributed by atoms with Crippen LogP contribution in [-0.2, 0) is 6.54 Å². The fourth-order valence-corrected chi connectivity index (χ4v) is 2.84. The quantitative estimate of drug-likeness (QED) is 0.391. The van der Waals surface area contributed by atoms with E-state index in [1.807, 2.05) is 13.8 Å². The highest BCUT2D eigenvalue weighted by Crippen LogP contribution is 2.22. The third kappa shape index (κ3) is 6.02. The zero-order valence-electron chi connectivity index (χ0n) is 15.7. The van der Waals surface area contributed by atoms with Gasteiger partial charge in [0.05, 0.1) is 12.2 Å². The maximum absolute atomic E-state index is 5.27. The molecule has 0 spiro atoms. The van der Waals surface area contributed by atoms with Crippen LogP contribution in [0.15, 0.2) is 33.8 Å². The van der Waals surface area contributed by atoms with E-state index in [-0.39, 0.29) is 24.0 Å². The van der Waals surface area contributed by atoms with Gasteiger partial charge in [0.1, 0.15) is 5.76 Å². The first-order chi connectivity index (χ1) is 11.5. The van der Waals surface area contributed by atoms with Crippen molar-refractivity contribution in [1.82, 2.24) is 15.8 Å². The van der Waals surface area contributed by atoms with Crippen molar-refractivity contribution in [2.75, 3.05) is 13.1 Å². The first-order valence-electron chi connectivity index (χ1n) is 8.52. The van der Waals surface area contributed by atoms with Crippen molar-refractivity contribution in [2.24, 2.45) is 4.99 Å². The standard InChI is InChI=1S/C19H28N4O.HI/c1-6-20-19(22-12-17-10-8-7-9-13(17)2)21-11-14(3)18-15(4)23-24-16(18)5;/h7-10,14H,6,11-12H2,1-5H3,(H2,20,21,22);1H. The molecular formula is C19H29IN4O. The Morgan fingerprint density at radius 3 is 2.52 bits per heavy atom. The molecule has 0 aliphatic rings. The number of aromatic nitrogens is 1. The number of benzene rings is 1. The number of aliphatic imine (C=N–C) groups is 1. The topological polar surface area (TPSA) is 62.5 Å². The Kier molecular flexibility index (Phi) is 8.96. The normalized spacial score (nSPS) is 12.4. The lowest BCUT2D eigenvalue weighted by molar-refractivity contribution is 0.391. The van der Waals surface area contributed by atoms with Gasteiger partial charge in [-0.25, -0.2) is 4.99 Å². The molecular weight excluding hydrogens is 427 g/mol. The Morgan fingerprint density at radius 1 is 1.20 bits per heavy atom. The van der Waals surface area contributed by atoms with Crippen LogP contribution in [-0.4, -0.2) is 24.2 Å². The van der Waals surface area contributed by atoms with E-state index in [0.717, 1.165) is 30.5 Å². The van der Waals surface area contributed by atoms with Gasteiger partial charge in [-0.3, -0.25) is 0 Å². The number of hydrogen-bond donors (Lipinski definition) is 2. The minimum atomic E-state index is 0. The van der Waals surface area contributed by atoms with Gasteiger partial charge in [0, 0.05) is 24.6 Å². The second kappa shape index (κ2) is 10.4. The summed E-state index contributed by atoms with van der Waals surface area (Å²) in [6, 6.07) is 8.34. The van der Waals surface area contributed by atoms with Crippen molar-refractivity contribution in [3.63, 3.8) is 0 Å². The van der Waals surface area contributed by atoms with Crippen molar-refractivity contribution in [3.05, 3.63) is 52.4 Å². The van der Waals surface area contributed by atoms with E-state index < -0.39 is 0 Å². The highest BCUT2D eigenvalue weighted by atomic mass is 127. The second-order valence-electron chi connectivity index (χ2n) is 6.14. The highest BCUT2D eigenvalue weighted by molar-refractivity contribution is 14.0. The minimum absolute atomic E-state index is 0. The Bertz CT molecular complexity index is 677. The second-order valence-corrected chi connectivity index (χ2v) is 6.14. The van der Waals surface area contributed by atoms with E-state index >= 15 is 0 Å². The third-order valence-electron chi connectivity index (χ3n) is 4.17. The van der Waals surface area contributed by atoms with E-state index in [1.54, 1.807) is 0 Å². The molecule has 0 saturated heterocycles. The summed E-state index contributed by atoms with van der Waals surface area (Å²) in [6.07, 6.45) is 0. The molecule has 1 aromatic carbocycles. The number of guanidine groups is 1.